The Labute approximate surface area is 123 Å². The summed E-state index contributed by atoms with van der Waals surface area (Å²) in [6.07, 6.45) is 0. The van der Waals surface area contributed by atoms with Crippen molar-refractivity contribution in [2.45, 2.75) is 19.9 Å². The van der Waals surface area contributed by atoms with Gasteiger partial charge in [0.2, 0.25) is 0 Å². The molecule has 1 aliphatic heterocycles. The van der Waals surface area contributed by atoms with Crippen LogP contribution in [-0.4, -0.2) is 13.2 Å². The van der Waals surface area contributed by atoms with Crippen molar-refractivity contribution in [3.05, 3.63) is 58.4 Å². The van der Waals surface area contributed by atoms with Gasteiger partial charge >= 0.3 is 0 Å². The fourth-order valence-corrected chi connectivity index (χ4v) is 2.60. The van der Waals surface area contributed by atoms with Gasteiger partial charge in [0.1, 0.15) is 19.0 Å². The standard InChI is InChI=1S/C17H18FNO2/c1-10-7-13(8-11(2)16(10)18)17(19)12-3-4-14-15(9-12)21-6-5-20-14/h3-4,7-9,17H,5-6,19H2,1-2H3. The summed E-state index contributed by atoms with van der Waals surface area (Å²) in [5, 5.41) is 0. The van der Waals surface area contributed by atoms with Gasteiger partial charge in [-0.05, 0) is 48.2 Å². The van der Waals surface area contributed by atoms with Crippen LogP contribution in [0.4, 0.5) is 4.39 Å². The van der Waals surface area contributed by atoms with Crippen LogP contribution in [-0.2, 0) is 0 Å². The molecule has 0 fully saturated rings. The predicted molar refractivity (Wildman–Crippen MR) is 79.3 cm³/mol. The SMILES string of the molecule is Cc1cc(C(N)c2ccc3c(c2)OCCO3)cc(C)c1F. The lowest BCUT2D eigenvalue weighted by Gasteiger charge is -2.21. The molecule has 0 bridgehead atoms. The molecule has 110 valence electrons. The van der Waals surface area contributed by atoms with Crippen LogP contribution in [0.25, 0.3) is 0 Å². The molecule has 0 saturated heterocycles. The highest BCUT2D eigenvalue weighted by Gasteiger charge is 2.17. The van der Waals surface area contributed by atoms with E-state index in [1.54, 1.807) is 26.0 Å². The van der Waals surface area contributed by atoms with E-state index >= 15 is 0 Å². The summed E-state index contributed by atoms with van der Waals surface area (Å²) < 4.78 is 24.8. The highest BCUT2D eigenvalue weighted by Crippen LogP contribution is 2.34. The van der Waals surface area contributed by atoms with Crippen LogP contribution in [0, 0.1) is 19.7 Å². The number of rotatable bonds is 2. The summed E-state index contributed by atoms with van der Waals surface area (Å²) in [6.45, 7) is 4.61. The van der Waals surface area contributed by atoms with Crippen molar-refractivity contribution in [3.8, 4) is 11.5 Å². The van der Waals surface area contributed by atoms with Crippen molar-refractivity contribution in [3.63, 3.8) is 0 Å². The van der Waals surface area contributed by atoms with Gasteiger partial charge in [-0.15, -0.1) is 0 Å². The third-order valence-electron chi connectivity index (χ3n) is 3.74. The maximum Gasteiger partial charge on any atom is 0.161 e. The fraction of sp³-hybridized carbons (Fsp3) is 0.294. The van der Waals surface area contributed by atoms with Gasteiger partial charge in [-0.25, -0.2) is 4.39 Å². The van der Waals surface area contributed by atoms with E-state index in [0.29, 0.717) is 30.1 Å². The van der Waals surface area contributed by atoms with Crippen LogP contribution in [0.3, 0.4) is 0 Å². The first-order chi connectivity index (χ1) is 10.1. The largest absolute Gasteiger partial charge is 0.486 e. The van der Waals surface area contributed by atoms with Gasteiger partial charge in [0.05, 0.1) is 6.04 Å². The molecule has 3 nitrogen and oxygen atoms in total. The van der Waals surface area contributed by atoms with Crippen molar-refractivity contribution < 1.29 is 13.9 Å². The van der Waals surface area contributed by atoms with Gasteiger partial charge in [0.25, 0.3) is 0 Å². The molecule has 0 aromatic heterocycles. The van der Waals surface area contributed by atoms with Crippen molar-refractivity contribution in [2.75, 3.05) is 13.2 Å². The molecule has 1 unspecified atom stereocenters. The number of fused-ring (bicyclic) bond motifs is 1. The Morgan fingerprint density at radius 3 is 2.24 bits per heavy atom. The topological polar surface area (TPSA) is 44.5 Å². The number of aryl methyl sites for hydroxylation is 2. The molecule has 3 rings (SSSR count). The molecule has 2 aromatic carbocycles. The van der Waals surface area contributed by atoms with Crippen molar-refractivity contribution in [1.82, 2.24) is 0 Å². The Hall–Kier alpha value is -2.07. The minimum absolute atomic E-state index is 0.173. The lowest BCUT2D eigenvalue weighted by Crippen LogP contribution is -2.17. The molecule has 1 atom stereocenters. The zero-order chi connectivity index (χ0) is 15.0. The normalized spacial score (nSPS) is 14.9. The molecule has 0 radical (unpaired) electrons. The Bertz CT molecular complexity index is 661. The molecule has 2 N–H and O–H groups in total. The van der Waals surface area contributed by atoms with Crippen molar-refractivity contribution >= 4 is 0 Å². The van der Waals surface area contributed by atoms with Gasteiger partial charge < -0.3 is 15.2 Å². The average Bonchev–Trinajstić information content (AvgIpc) is 2.51. The zero-order valence-corrected chi connectivity index (χ0v) is 12.2. The van der Waals surface area contributed by atoms with Gasteiger partial charge in [0.15, 0.2) is 11.5 Å². The molecule has 0 spiro atoms. The second-order valence-electron chi connectivity index (χ2n) is 5.35. The second-order valence-corrected chi connectivity index (χ2v) is 5.35. The number of halogens is 1. The Morgan fingerprint density at radius 2 is 1.57 bits per heavy atom. The molecule has 4 heteroatoms. The van der Waals surface area contributed by atoms with Crippen LogP contribution in [0.2, 0.25) is 0 Å². The minimum Gasteiger partial charge on any atom is -0.486 e. The first-order valence-electron chi connectivity index (χ1n) is 6.98. The highest BCUT2D eigenvalue weighted by atomic mass is 19.1. The quantitative estimate of drug-likeness (QED) is 0.922. The van der Waals surface area contributed by atoms with Crippen LogP contribution < -0.4 is 15.2 Å². The number of nitrogens with two attached hydrogens (primary N) is 1. The predicted octanol–water partition coefficient (Wildman–Crippen LogP) is 3.26. The lowest BCUT2D eigenvalue weighted by atomic mass is 9.95. The van der Waals surface area contributed by atoms with Crippen molar-refractivity contribution in [1.29, 1.82) is 0 Å². The second kappa shape index (κ2) is 5.37. The van der Waals surface area contributed by atoms with Crippen LogP contribution in [0.1, 0.15) is 28.3 Å². The fourth-order valence-electron chi connectivity index (χ4n) is 2.60. The van der Waals surface area contributed by atoms with E-state index in [4.69, 9.17) is 15.2 Å². The lowest BCUT2D eigenvalue weighted by molar-refractivity contribution is 0.171. The van der Waals surface area contributed by atoms with E-state index in [1.807, 2.05) is 18.2 Å². The Kier molecular flexibility index (Phi) is 3.55. The molecule has 21 heavy (non-hydrogen) atoms. The smallest absolute Gasteiger partial charge is 0.161 e. The first kappa shape index (κ1) is 13.9. The van der Waals surface area contributed by atoms with Crippen LogP contribution in [0.5, 0.6) is 11.5 Å². The van der Waals surface area contributed by atoms with Crippen LogP contribution in [0.15, 0.2) is 30.3 Å². The van der Waals surface area contributed by atoms with E-state index < -0.39 is 0 Å². The highest BCUT2D eigenvalue weighted by molar-refractivity contribution is 5.47. The number of hydrogen-bond donors (Lipinski definition) is 1. The zero-order valence-electron chi connectivity index (χ0n) is 12.2. The molecular formula is C17H18FNO2. The molecule has 1 aliphatic rings. The number of ether oxygens (including phenoxy) is 2. The van der Waals surface area contributed by atoms with Crippen LogP contribution >= 0.6 is 0 Å². The molecule has 0 saturated carbocycles. The third-order valence-corrected chi connectivity index (χ3v) is 3.74. The summed E-state index contributed by atoms with van der Waals surface area (Å²) >= 11 is 0. The van der Waals surface area contributed by atoms with E-state index in [-0.39, 0.29) is 11.9 Å². The van der Waals surface area contributed by atoms with E-state index in [2.05, 4.69) is 0 Å². The van der Waals surface area contributed by atoms with Crippen molar-refractivity contribution in [2.24, 2.45) is 5.73 Å². The molecule has 0 aliphatic carbocycles. The molecule has 1 heterocycles. The third kappa shape index (κ3) is 2.59. The van der Waals surface area contributed by atoms with Gasteiger partial charge in [-0.2, -0.15) is 0 Å². The average molecular weight is 287 g/mol. The maximum atomic E-state index is 13.7. The van der Waals surface area contributed by atoms with Gasteiger partial charge in [-0.3, -0.25) is 0 Å². The minimum atomic E-state index is -0.321. The summed E-state index contributed by atoms with van der Waals surface area (Å²) in [5.41, 5.74) is 9.35. The van der Waals surface area contributed by atoms with Gasteiger partial charge in [-0.1, -0.05) is 18.2 Å². The summed E-state index contributed by atoms with van der Waals surface area (Å²) in [5.74, 6) is 1.28. The molecular weight excluding hydrogens is 269 g/mol. The Morgan fingerprint density at radius 1 is 0.952 bits per heavy atom. The van der Waals surface area contributed by atoms with E-state index in [9.17, 15) is 4.39 Å². The number of benzene rings is 2. The maximum absolute atomic E-state index is 13.7. The first-order valence-corrected chi connectivity index (χ1v) is 6.98. The summed E-state index contributed by atoms with van der Waals surface area (Å²) in [4.78, 5) is 0. The molecule has 2 aromatic rings. The van der Waals surface area contributed by atoms with E-state index in [0.717, 1.165) is 16.9 Å². The number of hydrogen-bond acceptors (Lipinski definition) is 3. The molecule has 0 amide bonds. The monoisotopic (exact) mass is 287 g/mol. The summed E-state index contributed by atoms with van der Waals surface area (Å²) in [6, 6.07) is 8.96. The summed E-state index contributed by atoms with van der Waals surface area (Å²) in [7, 11) is 0. The van der Waals surface area contributed by atoms with E-state index in [1.165, 1.54) is 0 Å². The van der Waals surface area contributed by atoms with Gasteiger partial charge in [0, 0.05) is 0 Å². The Balaban J connectivity index is 1.96.